The summed E-state index contributed by atoms with van der Waals surface area (Å²) in [6, 6.07) is 11.3. The number of ether oxygens (including phenoxy) is 1. The van der Waals surface area contributed by atoms with Crippen LogP contribution in [0.3, 0.4) is 0 Å². The molecule has 1 saturated carbocycles. The van der Waals surface area contributed by atoms with Crippen molar-refractivity contribution in [1.82, 2.24) is 9.80 Å². The van der Waals surface area contributed by atoms with Gasteiger partial charge in [0, 0.05) is 62.8 Å². The third-order valence-electron chi connectivity index (χ3n) is 11.3. The number of aliphatic carboxylic acids is 1. The Kier molecular flexibility index (Phi) is 9.48. The van der Waals surface area contributed by atoms with Crippen LogP contribution in [0.1, 0.15) is 80.4 Å². The molecule has 3 aliphatic heterocycles. The topological polar surface area (TPSA) is 73.3 Å². The summed E-state index contributed by atoms with van der Waals surface area (Å²) in [4.78, 5) is 31.6. The van der Waals surface area contributed by atoms with Gasteiger partial charge in [-0.1, -0.05) is 44.4 Å². The molecule has 4 aliphatic rings. The average Bonchev–Trinajstić information content (AvgIpc) is 3.83. The largest absolute Gasteiger partial charge is 0.497 e. The minimum Gasteiger partial charge on any atom is -0.497 e. The van der Waals surface area contributed by atoms with E-state index in [0.29, 0.717) is 62.4 Å². The van der Waals surface area contributed by atoms with Gasteiger partial charge in [-0.2, -0.15) is 13.2 Å². The van der Waals surface area contributed by atoms with Gasteiger partial charge in [-0.3, -0.25) is 14.5 Å². The monoisotopic (exact) mass is 659 g/mol. The Balaban J connectivity index is 1.30. The van der Waals surface area contributed by atoms with Gasteiger partial charge in [0.1, 0.15) is 5.75 Å². The Labute approximate surface area is 273 Å². The number of alkyl halides is 4. The summed E-state index contributed by atoms with van der Waals surface area (Å²) in [5, 5.41) is 9.48. The van der Waals surface area contributed by atoms with Crippen LogP contribution >= 0.6 is 0 Å². The number of benzene rings is 2. The molecule has 1 aliphatic carbocycles. The predicted octanol–water partition coefficient (Wildman–Crippen LogP) is 6.72. The predicted molar refractivity (Wildman–Crippen MR) is 171 cm³/mol. The lowest BCUT2D eigenvalue weighted by Gasteiger charge is -2.35. The number of carboxylic acid groups (broad SMARTS) is 1. The van der Waals surface area contributed by atoms with Gasteiger partial charge in [-0.25, -0.2) is 4.39 Å². The lowest BCUT2D eigenvalue weighted by molar-refractivity contribution is -0.143. The van der Waals surface area contributed by atoms with Crippen LogP contribution in [0.2, 0.25) is 0 Å². The number of methoxy groups -OCH3 is 1. The summed E-state index contributed by atoms with van der Waals surface area (Å²) in [5.74, 6) is -2.32. The van der Waals surface area contributed by atoms with Crippen molar-refractivity contribution in [1.29, 1.82) is 0 Å². The number of halogens is 4. The van der Waals surface area contributed by atoms with E-state index in [2.05, 4.69) is 4.90 Å². The van der Waals surface area contributed by atoms with Crippen molar-refractivity contribution < 1.29 is 37.0 Å². The number of piperidine rings is 1. The first-order valence-corrected chi connectivity index (χ1v) is 17.0. The minimum atomic E-state index is -4.54. The molecule has 0 spiro atoms. The van der Waals surface area contributed by atoms with Gasteiger partial charge in [0.2, 0.25) is 5.67 Å². The van der Waals surface area contributed by atoms with Crippen LogP contribution in [0, 0.1) is 11.8 Å². The number of anilines is 1. The number of carbonyl (C=O) groups is 2. The molecule has 1 amide bonds. The van der Waals surface area contributed by atoms with E-state index in [-0.39, 0.29) is 31.0 Å². The highest BCUT2D eigenvalue weighted by Crippen LogP contribution is 2.47. The fourth-order valence-corrected chi connectivity index (χ4v) is 8.56. The second-order valence-corrected chi connectivity index (χ2v) is 13.9. The molecule has 256 valence electrons. The molecule has 3 heterocycles. The summed E-state index contributed by atoms with van der Waals surface area (Å²) < 4.78 is 64.6. The van der Waals surface area contributed by atoms with Crippen molar-refractivity contribution >= 4 is 17.6 Å². The molecule has 11 heteroatoms. The smallest absolute Gasteiger partial charge is 0.416 e. The van der Waals surface area contributed by atoms with Crippen LogP contribution in [0.4, 0.5) is 23.2 Å². The Hall–Kier alpha value is -3.34. The molecular formula is C36H45F4N3O4. The Morgan fingerprint density at radius 2 is 1.66 bits per heavy atom. The lowest BCUT2D eigenvalue weighted by atomic mass is 9.84. The first kappa shape index (κ1) is 33.6. The molecule has 2 aromatic rings. The maximum atomic E-state index is 17.6. The van der Waals surface area contributed by atoms with Crippen molar-refractivity contribution in [2.75, 3.05) is 51.3 Å². The maximum Gasteiger partial charge on any atom is 0.416 e. The highest BCUT2D eigenvalue weighted by molar-refractivity contribution is 5.88. The maximum absolute atomic E-state index is 17.6. The first-order valence-electron chi connectivity index (χ1n) is 17.0. The number of carbonyl (C=O) groups excluding carboxylic acids is 1. The molecule has 0 bridgehead atoms. The molecule has 4 fully saturated rings. The molecule has 0 aromatic heterocycles. The van der Waals surface area contributed by atoms with Crippen molar-refractivity contribution in [3.8, 4) is 5.75 Å². The number of hydrogen-bond donors (Lipinski definition) is 1. The molecule has 6 rings (SSSR count). The number of nitrogens with zero attached hydrogens (tertiary/aromatic N) is 3. The van der Waals surface area contributed by atoms with E-state index >= 15 is 4.39 Å². The third kappa shape index (κ3) is 6.56. The molecule has 0 radical (unpaired) electrons. The van der Waals surface area contributed by atoms with Crippen LogP contribution in [-0.4, -0.2) is 84.9 Å². The number of carboxylic acids is 1. The standard InChI is InChI=1S/C36H45F4N3O4/c1-3-23-19-42(20-30(23)29-13-10-26(36(38,39)40)18-32(29)41-16-14-25(15-17-41)33(44)45)34(46)35(37)22-43(27-6-4-5-7-27)21-31(35)24-8-11-28(47-2)12-9-24/h8-13,18,23,25,27,30-31H,3-7,14-17,19-22H2,1-2H3,(H,44,45)/t23-,30-,31-,35-/m0/s1. The zero-order valence-corrected chi connectivity index (χ0v) is 27.1. The van der Waals surface area contributed by atoms with Crippen LogP contribution < -0.4 is 9.64 Å². The first-order chi connectivity index (χ1) is 22.4. The van der Waals surface area contributed by atoms with Crippen LogP contribution in [0.5, 0.6) is 5.75 Å². The Morgan fingerprint density at radius 1 is 0.979 bits per heavy atom. The van der Waals surface area contributed by atoms with E-state index in [0.717, 1.165) is 37.3 Å². The molecular weight excluding hydrogens is 614 g/mol. The van der Waals surface area contributed by atoms with Gasteiger partial charge < -0.3 is 19.6 Å². The Bertz CT molecular complexity index is 1440. The Morgan fingerprint density at radius 3 is 2.26 bits per heavy atom. The fraction of sp³-hybridized carbons (Fsp3) is 0.611. The van der Waals surface area contributed by atoms with Gasteiger partial charge in [-0.05, 0) is 67.0 Å². The normalized spacial score (nSPS) is 27.9. The minimum absolute atomic E-state index is 0.0230. The third-order valence-corrected chi connectivity index (χ3v) is 11.3. The number of rotatable bonds is 8. The zero-order valence-electron chi connectivity index (χ0n) is 27.1. The molecule has 4 atom stereocenters. The van der Waals surface area contributed by atoms with E-state index < -0.39 is 41.1 Å². The summed E-state index contributed by atoms with van der Waals surface area (Å²) in [6.45, 7) is 3.66. The van der Waals surface area contributed by atoms with E-state index in [1.165, 1.54) is 12.1 Å². The number of hydrogen-bond acceptors (Lipinski definition) is 5. The van der Waals surface area contributed by atoms with Gasteiger partial charge in [-0.15, -0.1) is 0 Å². The van der Waals surface area contributed by atoms with Crippen LogP contribution in [0.25, 0.3) is 0 Å². The molecule has 1 N–H and O–H groups in total. The summed E-state index contributed by atoms with van der Waals surface area (Å²) in [7, 11) is 1.57. The average molecular weight is 660 g/mol. The van der Waals surface area contributed by atoms with Gasteiger partial charge in [0.05, 0.1) is 18.6 Å². The molecule has 3 saturated heterocycles. The fourth-order valence-electron chi connectivity index (χ4n) is 8.56. The van der Waals surface area contributed by atoms with Crippen LogP contribution in [-0.2, 0) is 15.8 Å². The van der Waals surface area contributed by atoms with E-state index in [1.54, 1.807) is 24.1 Å². The molecule has 0 unspecified atom stereocenters. The van der Waals surface area contributed by atoms with Crippen molar-refractivity contribution in [3.05, 3.63) is 59.2 Å². The quantitative estimate of drug-likeness (QED) is 0.318. The zero-order chi connectivity index (χ0) is 33.5. The summed E-state index contributed by atoms with van der Waals surface area (Å²) >= 11 is 0. The van der Waals surface area contributed by atoms with E-state index in [1.807, 2.05) is 24.0 Å². The van der Waals surface area contributed by atoms with Crippen molar-refractivity contribution in [2.45, 2.75) is 81.6 Å². The highest BCUT2D eigenvalue weighted by Gasteiger charge is 2.57. The lowest BCUT2D eigenvalue weighted by Crippen LogP contribution is -2.50. The number of amides is 1. The van der Waals surface area contributed by atoms with Gasteiger partial charge >= 0.3 is 12.1 Å². The van der Waals surface area contributed by atoms with Crippen LogP contribution in [0.15, 0.2) is 42.5 Å². The molecule has 7 nitrogen and oxygen atoms in total. The SMILES string of the molecule is CC[C@H]1CN(C(=O)[C@]2(F)CN(C3CCCC3)C[C@H]2c2ccc(OC)cc2)C[C@@H]1c1ccc(C(F)(F)F)cc1N1CCC(C(=O)O)CC1. The van der Waals surface area contributed by atoms with Gasteiger partial charge in [0.25, 0.3) is 5.91 Å². The van der Waals surface area contributed by atoms with Crippen molar-refractivity contribution in [2.24, 2.45) is 11.8 Å². The summed E-state index contributed by atoms with van der Waals surface area (Å²) in [6.07, 6.45) is 0.977. The van der Waals surface area contributed by atoms with Crippen molar-refractivity contribution in [3.63, 3.8) is 0 Å². The van der Waals surface area contributed by atoms with E-state index in [4.69, 9.17) is 4.74 Å². The second kappa shape index (κ2) is 13.3. The summed E-state index contributed by atoms with van der Waals surface area (Å²) in [5.41, 5.74) is -1.03. The molecule has 47 heavy (non-hydrogen) atoms. The molecule has 2 aromatic carbocycles. The second-order valence-electron chi connectivity index (χ2n) is 13.9. The van der Waals surface area contributed by atoms with Gasteiger partial charge in [0.15, 0.2) is 0 Å². The highest BCUT2D eigenvalue weighted by atomic mass is 19.4. The number of likely N-dealkylation sites (tertiary alicyclic amines) is 2. The van der Waals surface area contributed by atoms with E-state index in [9.17, 15) is 27.9 Å².